The first kappa shape index (κ1) is 15.5. The van der Waals surface area contributed by atoms with Crippen LogP contribution in [0.4, 0.5) is 5.69 Å². The van der Waals surface area contributed by atoms with Crippen molar-refractivity contribution in [3.8, 4) is 0 Å². The molecule has 0 saturated heterocycles. The second-order valence-electron chi connectivity index (χ2n) is 3.75. The Morgan fingerprint density at radius 2 is 1.95 bits per heavy atom. The molecule has 0 aliphatic heterocycles. The summed E-state index contributed by atoms with van der Waals surface area (Å²) in [5.41, 5.74) is 0.335. The molecule has 1 rings (SSSR count). The highest BCUT2D eigenvalue weighted by Gasteiger charge is 2.24. The highest BCUT2D eigenvalue weighted by Crippen LogP contribution is 2.17. The van der Waals surface area contributed by atoms with Gasteiger partial charge in [-0.05, 0) is 19.1 Å². The zero-order valence-electron chi connectivity index (χ0n) is 10.7. The average Bonchev–Trinajstić information content (AvgIpc) is 2.37. The molecule has 0 spiro atoms. The Labute approximate surface area is 112 Å². The van der Waals surface area contributed by atoms with E-state index in [4.69, 9.17) is 9.84 Å². The van der Waals surface area contributed by atoms with Crippen LogP contribution in [0.15, 0.2) is 30.3 Å². The van der Waals surface area contributed by atoms with Crippen LogP contribution in [-0.2, 0) is 19.6 Å². The van der Waals surface area contributed by atoms with Gasteiger partial charge in [0.1, 0.15) is 6.54 Å². The summed E-state index contributed by atoms with van der Waals surface area (Å²) in [7, 11) is -3.72. The molecular weight excluding hydrogens is 270 g/mol. The molecule has 1 N–H and O–H groups in total. The maximum Gasteiger partial charge on any atom is 0.324 e. The summed E-state index contributed by atoms with van der Waals surface area (Å²) in [6, 6.07) is 8.15. The minimum Gasteiger partial charge on any atom is -0.480 e. The van der Waals surface area contributed by atoms with Gasteiger partial charge in [0.15, 0.2) is 0 Å². The van der Waals surface area contributed by atoms with Crippen LogP contribution in [0.2, 0.25) is 0 Å². The minimum atomic E-state index is -3.72. The van der Waals surface area contributed by atoms with Crippen molar-refractivity contribution in [3.63, 3.8) is 0 Å². The maximum absolute atomic E-state index is 12.1. The molecule has 0 heterocycles. The number of benzene rings is 1. The van der Waals surface area contributed by atoms with Crippen molar-refractivity contribution < 1.29 is 23.1 Å². The van der Waals surface area contributed by atoms with Gasteiger partial charge in [0, 0.05) is 6.61 Å². The summed E-state index contributed by atoms with van der Waals surface area (Å²) in [5, 5.41) is 8.84. The molecule has 0 aromatic heterocycles. The topological polar surface area (TPSA) is 83.9 Å². The maximum atomic E-state index is 12.1. The van der Waals surface area contributed by atoms with Gasteiger partial charge in [0.2, 0.25) is 10.0 Å². The van der Waals surface area contributed by atoms with Crippen LogP contribution in [0.25, 0.3) is 0 Å². The zero-order valence-corrected chi connectivity index (χ0v) is 11.5. The highest BCUT2D eigenvalue weighted by molar-refractivity contribution is 7.92. The number of carboxylic acids is 1. The SMILES string of the molecule is CCOCCS(=O)(=O)N(CC(=O)O)c1ccccc1. The molecule has 0 unspecified atom stereocenters. The number of anilines is 1. The van der Waals surface area contributed by atoms with E-state index in [9.17, 15) is 13.2 Å². The number of hydrogen-bond donors (Lipinski definition) is 1. The summed E-state index contributed by atoms with van der Waals surface area (Å²) in [6.07, 6.45) is 0. The molecule has 1 aromatic rings. The first-order valence-corrected chi connectivity index (χ1v) is 7.43. The lowest BCUT2D eigenvalue weighted by Gasteiger charge is -2.22. The molecule has 106 valence electrons. The molecule has 0 radical (unpaired) electrons. The van der Waals surface area contributed by atoms with Crippen molar-refractivity contribution in [1.29, 1.82) is 0 Å². The highest BCUT2D eigenvalue weighted by atomic mass is 32.2. The molecule has 0 atom stereocenters. The predicted molar refractivity (Wildman–Crippen MR) is 71.7 cm³/mol. The van der Waals surface area contributed by atoms with Gasteiger partial charge in [0.25, 0.3) is 0 Å². The van der Waals surface area contributed by atoms with Crippen LogP contribution < -0.4 is 4.31 Å². The molecule has 0 aliphatic rings. The molecule has 0 amide bonds. The third-order valence-corrected chi connectivity index (χ3v) is 4.04. The largest absolute Gasteiger partial charge is 0.480 e. The van der Waals surface area contributed by atoms with Gasteiger partial charge >= 0.3 is 5.97 Å². The van der Waals surface area contributed by atoms with E-state index >= 15 is 0 Å². The third kappa shape index (κ3) is 4.88. The van der Waals surface area contributed by atoms with E-state index in [0.717, 1.165) is 4.31 Å². The van der Waals surface area contributed by atoms with E-state index < -0.39 is 22.5 Å². The lowest BCUT2D eigenvalue weighted by atomic mass is 10.3. The number of sulfonamides is 1. The summed E-state index contributed by atoms with van der Waals surface area (Å²) < 4.78 is 30.1. The Morgan fingerprint density at radius 3 is 2.47 bits per heavy atom. The van der Waals surface area contributed by atoms with E-state index in [0.29, 0.717) is 12.3 Å². The normalized spacial score (nSPS) is 11.2. The number of carboxylic acid groups (broad SMARTS) is 1. The van der Waals surface area contributed by atoms with Crippen molar-refractivity contribution in [2.45, 2.75) is 6.92 Å². The molecule has 1 aromatic carbocycles. The number of carbonyl (C=O) groups is 1. The second kappa shape index (κ2) is 7.10. The first-order chi connectivity index (χ1) is 8.97. The number of hydrogen-bond acceptors (Lipinski definition) is 4. The zero-order chi connectivity index (χ0) is 14.3. The summed E-state index contributed by atoms with van der Waals surface area (Å²) >= 11 is 0. The standard InChI is InChI=1S/C12H17NO5S/c1-2-18-8-9-19(16,17)13(10-12(14)15)11-6-4-3-5-7-11/h3-7H,2,8-10H2,1H3,(H,14,15). The van der Waals surface area contributed by atoms with Crippen LogP contribution in [-0.4, -0.2) is 45.0 Å². The van der Waals surface area contributed by atoms with Gasteiger partial charge in [-0.15, -0.1) is 0 Å². The first-order valence-electron chi connectivity index (χ1n) is 5.82. The summed E-state index contributed by atoms with van der Waals surface area (Å²) in [4.78, 5) is 10.8. The minimum absolute atomic E-state index is 0.0434. The van der Waals surface area contributed by atoms with Crippen LogP contribution in [0.1, 0.15) is 6.92 Å². The number of ether oxygens (including phenoxy) is 1. The van der Waals surface area contributed by atoms with Crippen molar-refractivity contribution in [3.05, 3.63) is 30.3 Å². The number of aliphatic carboxylic acids is 1. The fourth-order valence-electron chi connectivity index (χ4n) is 1.49. The van der Waals surface area contributed by atoms with Gasteiger partial charge in [-0.3, -0.25) is 9.10 Å². The monoisotopic (exact) mass is 287 g/mol. The Balaban J connectivity index is 2.94. The van der Waals surface area contributed by atoms with Crippen LogP contribution >= 0.6 is 0 Å². The molecule has 19 heavy (non-hydrogen) atoms. The smallest absolute Gasteiger partial charge is 0.324 e. The Morgan fingerprint density at radius 1 is 1.32 bits per heavy atom. The van der Waals surface area contributed by atoms with Crippen LogP contribution in [0.5, 0.6) is 0 Å². The van der Waals surface area contributed by atoms with Crippen molar-refractivity contribution in [1.82, 2.24) is 0 Å². The van der Waals surface area contributed by atoms with E-state index in [1.165, 1.54) is 0 Å². The van der Waals surface area contributed by atoms with Gasteiger partial charge in [-0.1, -0.05) is 18.2 Å². The molecule has 0 fully saturated rings. The molecule has 0 aliphatic carbocycles. The van der Waals surface area contributed by atoms with Crippen molar-refractivity contribution in [2.24, 2.45) is 0 Å². The lowest BCUT2D eigenvalue weighted by Crippen LogP contribution is -2.38. The average molecular weight is 287 g/mol. The molecule has 0 saturated carbocycles. The van der Waals surface area contributed by atoms with Crippen molar-refractivity contribution >= 4 is 21.7 Å². The van der Waals surface area contributed by atoms with E-state index in [-0.39, 0.29) is 12.4 Å². The second-order valence-corrected chi connectivity index (χ2v) is 5.76. The van der Waals surface area contributed by atoms with Crippen LogP contribution in [0, 0.1) is 0 Å². The molecule has 7 heteroatoms. The predicted octanol–water partition coefficient (Wildman–Crippen LogP) is 0.944. The van der Waals surface area contributed by atoms with E-state index in [1.807, 2.05) is 0 Å². The van der Waals surface area contributed by atoms with Gasteiger partial charge < -0.3 is 9.84 Å². The Kier molecular flexibility index (Phi) is 5.78. The summed E-state index contributed by atoms with van der Waals surface area (Å²) in [6.45, 7) is 1.62. The summed E-state index contributed by atoms with van der Waals surface area (Å²) in [5.74, 6) is -1.45. The lowest BCUT2D eigenvalue weighted by molar-refractivity contribution is -0.135. The quantitative estimate of drug-likeness (QED) is 0.719. The third-order valence-electron chi connectivity index (χ3n) is 2.35. The van der Waals surface area contributed by atoms with E-state index in [1.54, 1.807) is 37.3 Å². The fraction of sp³-hybridized carbons (Fsp3) is 0.417. The fourth-order valence-corrected chi connectivity index (χ4v) is 2.79. The Bertz CT molecular complexity index is 500. The molecule has 0 bridgehead atoms. The number of rotatable bonds is 8. The number of nitrogens with zero attached hydrogens (tertiary/aromatic N) is 1. The van der Waals surface area contributed by atoms with Gasteiger partial charge in [-0.25, -0.2) is 8.42 Å². The van der Waals surface area contributed by atoms with Gasteiger partial charge in [-0.2, -0.15) is 0 Å². The van der Waals surface area contributed by atoms with Crippen LogP contribution in [0.3, 0.4) is 0 Å². The molecular formula is C12H17NO5S. The van der Waals surface area contributed by atoms with Crippen molar-refractivity contribution in [2.75, 3.05) is 29.8 Å². The molecule has 6 nitrogen and oxygen atoms in total. The number of para-hydroxylation sites is 1. The Hall–Kier alpha value is -1.60. The van der Waals surface area contributed by atoms with Gasteiger partial charge in [0.05, 0.1) is 18.0 Å². The van der Waals surface area contributed by atoms with E-state index in [2.05, 4.69) is 0 Å².